The molecule has 63 valence electrons. The Morgan fingerprint density at radius 2 is 2.45 bits per heavy atom. The van der Waals surface area contributed by atoms with Crippen LogP contribution in [0.5, 0.6) is 0 Å². The molecule has 0 saturated carbocycles. The zero-order valence-corrected chi connectivity index (χ0v) is 6.79. The standard InChI is InChI=1S/C8H14NO2/c1-6-3-4-9(5-6)7(2)8(10)11/h6-7H,1,3-5H2,2H3,(H,10,11). The van der Waals surface area contributed by atoms with Crippen LogP contribution in [-0.4, -0.2) is 35.1 Å². The SMILES string of the molecule is [CH2]C1CCN(C(C)C(=O)O)C1. The van der Waals surface area contributed by atoms with Crippen LogP contribution in [0.2, 0.25) is 0 Å². The molecule has 0 aromatic carbocycles. The minimum atomic E-state index is -0.737. The van der Waals surface area contributed by atoms with Crippen LogP contribution in [0.3, 0.4) is 0 Å². The van der Waals surface area contributed by atoms with Gasteiger partial charge in [-0.05, 0) is 32.7 Å². The largest absolute Gasteiger partial charge is 0.480 e. The molecule has 0 amide bonds. The third-order valence-electron chi connectivity index (χ3n) is 2.22. The summed E-state index contributed by atoms with van der Waals surface area (Å²) in [4.78, 5) is 12.5. The van der Waals surface area contributed by atoms with E-state index in [1.54, 1.807) is 6.92 Å². The topological polar surface area (TPSA) is 40.5 Å². The van der Waals surface area contributed by atoms with Crippen molar-refractivity contribution in [2.75, 3.05) is 13.1 Å². The number of nitrogens with zero attached hydrogens (tertiary/aromatic N) is 1. The molecule has 2 unspecified atom stereocenters. The minimum absolute atomic E-state index is 0.346. The van der Waals surface area contributed by atoms with Crippen molar-refractivity contribution in [3.8, 4) is 0 Å². The van der Waals surface area contributed by atoms with Gasteiger partial charge in [0.15, 0.2) is 0 Å². The van der Waals surface area contributed by atoms with Crippen LogP contribution in [0.25, 0.3) is 0 Å². The van der Waals surface area contributed by atoms with Crippen LogP contribution < -0.4 is 0 Å². The number of carbonyl (C=O) groups is 1. The van der Waals surface area contributed by atoms with Gasteiger partial charge in [0.2, 0.25) is 0 Å². The molecule has 0 spiro atoms. The summed E-state index contributed by atoms with van der Waals surface area (Å²) in [5, 5.41) is 8.67. The molecular weight excluding hydrogens is 142 g/mol. The number of likely N-dealkylation sites (tertiary alicyclic amines) is 1. The molecule has 1 radical (unpaired) electrons. The lowest BCUT2D eigenvalue weighted by Crippen LogP contribution is -2.37. The second kappa shape index (κ2) is 3.22. The van der Waals surface area contributed by atoms with Gasteiger partial charge in [0.05, 0.1) is 0 Å². The Kier molecular flexibility index (Phi) is 2.49. The molecule has 1 saturated heterocycles. The van der Waals surface area contributed by atoms with Crippen molar-refractivity contribution in [1.29, 1.82) is 0 Å². The average molecular weight is 156 g/mol. The zero-order chi connectivity index (χ0) is 8.43. The average Bonchev–Trinajstić information content (AvgIpc) is 2.34. The quantitative estimate of drug-likeness (QED) is 0.637. The highest BCUT2D eigenvalue weighted by Gasteiger charge is 2.26. The first kappa shape index (κ1) is 8.53. The molecule has 1 heterocycles. The molecule has 2 atom stereocenters. The van der Waals surface area contributed by atoms with Gasteiger partial charge in [-0.1, -0.05) is 0 Å². The van der Waals surface area contributed by atoms with Crippen LogP contribution in [0.15, 0.2) is 0 Å². The number of carboxylic acids is 1. The van der Waals surface area contributed by atoms with Crippen molar-refractivity contribution in [2.45, 2.75) is 19.4 Å². The highest BCUT2D eigenvalue weighted by Crippen LogP contribution is 2.16. The first-order valence-corrected chi connectivity index (χ1v) is 3.91. The predicted octanol–water partition coefficient (Wildman–Crippen LogP) is 0.615. The number of hydrogen-bond donors (Lipinski definition) is 1. The Labute approximate surface area is 67.0 Å². The maximum atomic E-state index is 10.5. The Hall–Kier alpha value is -0.570. The lowest BCUT2D eigenvalue weighted by molar-refractivity contribution is -0.142. The fourth-order valence-corrected chi connectivity index (χ4v) is 1.37. The van der Waals surface area contributed by atoms with E-state index in [1.165, 1.54) is 0 Å². The van der Waals surface area contributed by atoms with Crippen LogP contribution >= 0.6 is 0 Å². The Bertz CT molecular complexity index is 158. The summed E-state index contributed by atoms with van der Waals surface area (Å²) in [5.41, 5.74) is 0. The lowest BCUT2D eigenvalue weighted by atomic mass is 10.2. The summed E-state index contributed by atoms with van der Waals surface area (Å²) in [6, 6.07) is -0.346. The van der Waals surface area contributed by atoms with E-state index in [2.05, 4.69) is 6.92 Å². The zero-order valence-electron chi connectivity index (χ0n) is 6.79. The third-order valence-corrected chi connectivity index (χ3v) is 2.22. The van der Waals surface area contributed by atoms with Gasteiger partial charge in [0, 0.05) is 6.54 Å². The van der Waals surface area contributed by atoms with Crippen molar-refractivity contribution in [3.05, 3.63) is 6.92 Å². The van der Waals surface area contributed by atoms with Crippen molar-refractivity contribution in [3.63, 3.8) is 0 Å². The van der Waals surface area contributed by atoms with E-state index in [9.17, 15) is 4.79 Å². The fourth-order valence-electron chi connectivity index (χ4n) is 1.37. The normalized spacial score (nSPS) is 28.7. The summed E-state index contributed by atoms with van der Waals surface area (Å²) < 4.78 is 0. The van der Waals surface area contributed by atoms with E-state index in [4.69, 9.17) is 5.11 Å². The molecule has 3 nitrogen and oxygen atoms in total. The Morgan fingerprint density at radius 1 is 1.82 bits per heavy atom. The van der Waals surface area contributed by atoms with E-state index in [1.807, 2.05) is 4.90 Å². The summed E-state index contributed by atoms with van der Waals surface area (Å²) >= 11 is 0. The molecule has 1 fully saturated rings. The molecule has 1 aliphatic heterocycles. The van der Waals surface area contributed by atoms with E-state index in [0.717, 1.165) is 19.5 Å². The van der Waals surface area contributed by atoms with E-state index >= 15 is 0 Å². The smallest absolute Gasteiger partial charge is 0.320 e. The summed E-state index contributed by atoms with van der Waals surface area (Å²) in [5.74, 6) is -0.323. The van der Waals surface area contributed by atoms with Gasteiger partial charge in [-0.25, -0.2) is 0 Å². The third kappa shape index (κ3) is 1.93. The predicted molar refractivity (Wildman–Crippen MR) is 42.1 cm³/mol. The van der Waals surface area contributed by atoms with Crippen LogP contribution in [0.1, 0.15) is 13.3 Å². The molecule has 0 aromatic heterocycles. The molecule has 11 heavy (non-hydrogen) atoms. The van der Waals surface area contributed by atoms with Gasteiger partial charge in [-0.15, -0.1) is 0 Å². The first-order valence-electron chi connectivity index (χ1n) is 3.91. The molecule has 3 heteroatoms. The summed E-state index contributed by atoms with van der Waals surface area (Å²) in [7, 11) is 0. The molecule has 0 aromatic rings. The summed E-state index contributed by atoms with van der Waals surface area (Å²) in [6.07, 6.45) is 1.03. The second-order valence-electron chi connectivity index (χ2n) is 3.16. The second-order valence-corrected chi connectivity index (χ2v) is 3.16. The van der Waals surface area contributed by atoms with E-state index < -0.39 is 5.97 Å². The Morgan fingerprint density at radius 3 is 2.82 bits per heavy atom. The van der Waals surface area contributed by atoms with Crippen molar-refractivity contribution < 1.29 is 9.90 Å². The molecule has 0 bridgehead atoms. The van der Waals surface area contributed by atoms with Crippen LogP contribution in [0, 0.1) is 12.8 Å². The maximum Gasteiger partial charge on any atom is 0.320 e. The van der Waals surface area contributed by atoms with Gasteiger partial charge in [-0.2, -0.15) is 0 Å². The molecule has 0 aliphatic carbocycles. The number of rotatable bonds is 2. The highest BCUT2D eigenvalue weighted by atomic mass is 16.4. The van der Waals surface area contributed by atoms with Gasteiger partial charge in [0.1, 0.15) is 6.04 Å². The van der Waals surface area contributed by atoms with Crippen molar-refractivity contribution in [2.24, 2.45) is 5.92 Å². The van der Waals surface area contributed by atoms with Crippen LogP contribution in [-0.2, 0) is 4.79 Å². The number of hydrogen-bond acceptors (Lipinski definition) is 2. The van der Waals surface area contributed by atoms with E-state index in [0.29, 0.717) is 5.92 Å². The van der Waals surface area contributed by atoms with Gasteiger partial charge >= 0.3 is 5.97 Å². The number of carboxylic acid groups (broad SMARTS) is 1. The number of aliphatic carboxylic acids is 1. The minimum Gasteiger partial charge on any atom is -0.480 e. The monoisotopic (exact) mass is 156 g/mol. The van der Waals surface area contributed by atoms with Crippen molar-refractivity contribution >= 4 is 5.97 Å². The first-order chi connectivity index (χ1) is 5.11. The maximum absolute atomic E-state index is 10.5. The summed E-state index contributed by atoms with van der Waals surface area (Å²) in [6.45, 7) is 7.32. The van der Waals surface area contributed by atoms with E-state index in [-0.39, 0.29) is 6.04 Å². The van der Waals surface area contributed by atoms with Gasteiger partial charge in [-0.3, -0.25) is 9.69 Å². The van der Waals surface area contributed by atoms with Gasteiger partial charge < -0.3 is 5.11 Å². The van der Waals surface area contributed by atoms with Crippen molar-refractivity contribution in [1.82, 2.24) is 4.90 Å². The molecular formula is C8H14NO2. The molecule has 1 aliphatic rings. The molecule has 1 rings (SSSR count). The van der Waals surface area contributed by atoms with Crippen LogP contribution in [0.4, 0.5) is 0 Å². The lowest BCUT2D eigenvalue weighted by Gasteiger charge is -2.19. The van der Waals surface area contributed by atoms with Gasteiger partial charge in [0.25, 0.3) is 0 Å². The highest BCUT2D eigenvalue weighted by molar-refractivity contribution is 5.72. The molecule has 1 N–H and O–H groups in total. The Balaban J connectivity index is 2.43. The fraction of sp³-hybridized carbons (Fsp3) is 0.750.